The van der Waals surface area contributed by atoms with Crippen LogP contribution >= 0.6 is 0 Å². The lowest BCUT2D eigenvalue weighted by Gasteiger charge is -2.33. The Morgan fingerprint density at radius 1 is 1.47 bits per heavy atom. The number of aliphatic hydroxyl groups is 1. The Balaban J connectivity index is 2.38. The zero-order valence-corrected chi connectivity index (χ0v) is 10.0. The third kappa shape index (κ3) is 2.13. The van der Waals surface area contributed by atoms with E-state index in [-0.39, 0.29) is 6.04 Å². The van der Waals surface area contributed by atoms with Gasteiger partial charge in [0.1, 0.15) is 5.75 Å². The number of benzene rings is 1. The molecule has 2 rings (SSSR count). The van der Waals surface area contributed by atoms with Crippen LogP contribution in [0.25, 0.3) is 4.85 Å². The van der Waals surface area contributed by atoms with Gasteiger partial charge in [-0.25, -0.2) is 6.57 Å². The quantitative estimate of drug-likeness (QED) is 0.794. The summed E-state index contributed by atoms with van der Waals surface area (Å²) in [5.74, 6) is 0.727. The van der Waals surface area contributed by atoms with Gasteiger partial charge in [-0.3, -0.25) is 0 Å². The Kier molecular flexibility index (Phi) is 3.35. The molecule has 1 N–H and O–H groups in total. The van der Waals surface area contributed by atoms with Gasteiger partial charge in [0.15, 0.2) is 5.60 Å². The maximum atomic E-state index is 10.8. The Bertz CT molecular complexity index is 438. The highest BCUT2D eigenvalue weighted by molar-refractivity contribution is 5.34. The van der Waals surface area contributed by atoms with E-state index in [1.165, 1.54) is 0 Å². The van der Waals surface area contributed by atoms with E-state index < -0.39 is 5.60 Å². The van der Waals surface area contributed by atoms with Crippen molar-refractivity contribution in [2.24, 2.45) is 0 Å². The third-order valence-corrected chi connectivity index (χ3v) is 3.56. The minimum atomic E-state index is -1.01. The second kappa shape index (κ2) is 4.77. The smallest absolute Gasteiger partial charge is 0.256 e. The van der Waals surface area contributed by atoms with Crippen LogP contribution in [-0.2, 0) is 5.60 Å². The lowest BCUT2D eigenvalue weighted by atomic mass is 9.76. The molecule has 0 bridgehead atoms. The van der Waals surface area contributed by atoms with Crippen LogP contribution in [0.15, 0.2) is 24.3 Å². The van der Waals surface area contributed by atoms with Crippen molar-refractivity contribution in [3.8, 4) is 5.75 Å². The van der Waals surface area contributed by atoms with Crippen LogP contribution in [0.3, 0.4) is 0 Å². The molecule has 2 atom stereocenters. The van der Waals surface area contributed by atoms with E-state index in [4.69, 9.17) is 11.3 Å². The van der Waals surface area contributed by atoms with E-state index in [0.717, 1.165) is 30.6 Å². The standard InChI is InChI=1S/C14H17NO2/c1-15-13-8-3-4-9-14(13,16)11-6-5-7-12(10-11)17-2/h5-7,10,13,16H,3-4,8-9H2,2H3/t13-,14+/m0/s1. The van der Waals surface area contributed by atoms with Crippen LogP contribution in [0.1, 0.15) is 31.2 Å². The van der Waals surface area contributed by atoms with E-state index in [1.54, 1.807) is 7.11 Å². The molecular weight excluding hydrogens is 214 g/mol. The molecule has 0 radical (unpaired) electrons. The van der Waals surface area contributed by atoms with Gasteiger partial charge in [-0.15, -0.1) is 0 Å². The lowest BCUT2D eigenvalue weighted by molar-refractivity contribution is -0.00733. The number of rotatable bonds is 2. The number of ether oxygens (including phenoxy) is 1. The maximum absolute atomic E-state index is 10.8. The van der Waals surface area contributed by atoms with Crippen LogP contribution in [0.5, 0.6) is 5.75 Å². The predicted octanol–water partition coefficient (Wildman–Crippen LogP) is 2.74. The molecule has 1 saturated carbocycles. The van der Waals surface area contributed by atoms with Gasteiger partial charge < -0.3 is 14.7 Å². The third-order valence-electron chi connectivity index (χ3n) is 3.56. The number of hydrogen-bond acceptors (Lipinski definition) is 2. The largest absolute Gasteiger partial charge is 0.497 e. The maximum Gasteiger partial charge on any atom is 0.256 e. The van der Waals surface area contributed by atoms with Crippen molar-refractivity contribution >= 4 is 0 Å². The highest BCUT2D eigenvalue weighted by Crippen LogP contribution is 2.40. The zero-order chi connectivity index (χ0) is 12.3. The van der Waals surface area contributed by atoms with Gasteiger partial charge >= 0.3 is 0 Å². The summed E-state index contributed by atoms with van der Waals surface area (Å²) >= 11 is 0. The number of hydrogen-bond donors (Lipinski definition) is 1. The molecular formula is C14H17NO2. The first-order valence-corrected chi connectivity index (χ1v) is 5.94. The van der Waals surface area contributed by atoms with Crippen molar-refractivity contribution in [1.29, 1.82) is 0 Å². The lowest BCUT2D eigenvalue weighted by Crippen LogP contribution is -2.40. The average molecular weight is 231 g/mol. The highest BCUT2D eigenvalue weighted by atomic mass is 16.5. The average Bonchev–Trinajstić information content (AvgIpc) is 2.39. The molecule has 1 aliphatic rings. The molecule has 0 heterocycles. The zero-order valence-electron chi connectivity index (χ0n) is 10.0. The molecule has 0 aromatic heterocycles. The summed E-state index contributed by atoms with van der Waals surface area (Å²) in [7, 11) is 1.61. The fourth-order valence-corrected chi connectivity index (χ4v) is 2.54. The molecule has 0 saturated heterocycles. The summed E-state index contributed by atoms with van der Waals surface area (Å²) in [5, 5.41) is 10.8. The van der Waals surface area contributed by atoms with Crippen LogP contribution in [0.2, 0.25) is 0 Å². The topological polar surface area (TPSA) is 33.8 Å². The van der Waals surface area contributed by atoms with Gasteiger partial charge in [-0.1, -0.05) is 12.1 Å². The Morgan fingerprint density at radius 3 is 3.00 bits per heavy atom. The number of nitrogens with zero attached hydrogens (tertiary/aromatic N) is 1. The molecule has 0 amide bonds. The first kappa shape index (κ1) is 11.9. The minimum absolute atomic E-state index is 0.330. The first-order chi connectivity index (χ1) is 8.20. The van der Waals surface area contributed by atoms with Crippen LogP contribution in [-0.4, -0.2) is 18.3 Å². The molecule has 0 spiro atoms. The molecule has 1 fully saturated rings. The summed E-state index contributed by atoms with van der Waals surface area (Å²) in [6, 6.07) is 7.10. The molecule has 0 aliphatic heterocycles. The summed E-state index contributed by atoms with van der Waals surface area (Å²) in [4.78, 5) is 3.59. The van der Waals surface area contributed by atoms with Gasteiger partial charge in [0, 0.05) is 6.42 Å². The van der Waals surface area contributed by atoms with Crippen molar-refractivity contribution in [3.63, 3.8) is 0 Å². The Morgan fingerprint density at radius 2 is 2.29 bits per heavy atom. The molecule has 1 aromatic rings. The Labute approximate surface area is 102 Å². The van der Waals surface area contributed by atoms with E-state index in [1.807, 2.05) is 24.3 Å². The fraction of sp³-hybridized carbons (Fsp3) is 0.500. The van der Waals surface area contributed by atoms with Crippen molar-refractivity contribution < 1.29 is 9.84 Å². The van der Waals surface area contributed by atoms with E-state index in [0.29, 0.717) is 6.42 Å². The minimum Gasteiger partial charge on any atom is -0.497 e. The Hall–Kier alpha value is -1.53. The van der Waals surface area contributed by atoms with Crippen LogP contribution in [0.4, 0.5) is 0 Å². The molecule has 17 heavy (non-hydrogen) atoms. The fourth-order valence-electron chi connectivity index (χ4n) is 2.54. The molecule has 1 aromatic carbocycles. The first-order valence-electron chi connectivity index (χ1n) is 5.94. The molecule has 0 unspecified atom stereocenters. The molecule has 3 heteroatoms. The second-order valence-corrected chi connectivity index (χ2v) is 4.55. The van der Waals surface area contributed by atoms with Gasteiger partial charge in [-0.2, -0.15) is 0 Å². The highest BCUT2D eigenvalue weighted by Gasteiger charge is 2.45. The second-order valence-electron chi connectivity index (χ2n) is 4.55. The number of methoxy groups -OCH3 is 1. The summed E-state index contributed by atoms with van der Waals surface area (Å²) in [6.07, 6.45) is 3.43. The van der Waals surface area contributed by atoms with Crippen LogP contribution < -0.4 is 4.74 Å². The summed E-state index contributed by atoms with van der Waals surface area (Å²) in [6.45, 7) is 7.23. The normalized spacial score (nSPS) is 28.4. The molecule has 90 valence electrons. The SMILES string of the molecule is [C-]#[N+][C@H]1CCCC[C@@]1(O)c1cccc(OC)c1. The summed E-state index contributed by atoms with van der Waals surface area (Å²) in [5.41, 5.74) is -0.202. The van der Waals surface area contributed by atoms with Gasteiger partial charge in [0.2, 0.25) is 0 Å². The van der Waals surface area contributed by atoms with Gasteiger partial charge in [-0.05, 0) is 37.0 Å². The predicted molar refractivity (Wildman–Crippen MR) is 65.7 cm³/mol. The van der Waals surface area contributed by atoms with Crippen molar-refractivity contribution in [3.05, 3.63) is 41.2 Å². The van der Waals surface area contributed by atoms with Crippen molar-refractivity contribution in [2.45, 2.75) is 37.3 Å². The van der Waals surface area contributed by atoms with E-state index in [9.17, 15) is 5.11 Å². The van der Waals surface area contributed by atoms with E-state index >= 15 is 0 Å². The van der Waals surface area contributed by atoms with Gasteiger partial charge in [0.05, 0.1) is 7.11 Å². The monoisotopic (exact) mass is 231 g/mol. The molecule has 3 nitrogen and oxygen atoms in total. The van der Waals surface area contributed by atoms with Gasteiger partial charge in [0.25, 0.3) is 6.04 Å². The molecule has 1 aliphatic carbocycles. The van der Waals surface area contributed by atoms with Crippen LogP contribution in [0, 0.1) is 6.57 Å². The van der Waals surface area contributed by atoms with Crippen molar-refractivity contribution in [2.75, 3.05) is 7.11 Å². The summed E-state index contributed by atoms with van der Waals surface area (Å²) < 4.78 is 5.17. The van der Waals surface area contributed by atoms with E-state index in [2.05, 4.69) is 4.85 Å². The van der Waals surface area contributed by atoms with Crippen molar-refractivity contribution in [1.82, 2.24) is 0 Å².